The van der Waals surface area contributed by atoms with Crippen molar-refractivity contribution in [3.8, 4) is 0 Å². The Morgan fingerprint density at radius 2 is 1.00 bits per heavy atom. The standard InChI is InChI=1S/C20H20OSi/c1-17-13-15-20(16-14-17)22(21-2,18-9-5-3-6-10-18)19-11-7-4-8-12-19/h3-16H,1-2H3. The van der Waals surface area contributed by atoms with Crippen molar-refractivity contribution in [3.63, 3.8) is 0 Å². The van der Waals surface area contributed by atoms with Crippen LogP contribution in [-0.2, 0) is 4.43 Å². The molecular weight excluding hydrogens is 284 g/mol. The highest BCUT2D eigenvalue weighted by atomic mass is 28.4. The molecule has 0 amide bonds. The summed E-state index contributed by atoms with van der Waals surface area (Å²) >= 11 is 0. The zero-order chi connectivity index (χ0) is 15.4. The number of hydrogen-bond acceptors (Lipinski definition) is 1. The van der Waals surface area contributed by atoms with Crippen molar-refractivity contribution < 1.29 is 4.43 Å². The average Bonchev–Trinajstić information content (AvgIpc) is 2.59. The van der Waals surface area contributed by atoms with Crippen molar-refractivity contribution in [1.29, 1.82) is 0 Å². The van der Waals surface area contributed by atoms with Gasteiger partial charge in [-0.3, -0.25) is 0 Å². The van der Waals surface area contributed by atoms with Crippen molar-refractivity contribution in [2.24, 2.45) is 0 Å². The summed E-state index contributed by atoms with van der Waals surface area (Å²) in [6.45, 7) is 2.12. The van der Waals surface area contributed by atoms with Gasteiger partial charge in [-0.15, -0.1) is 0 Å². The summed E-state index contributed by atoms with van der Waals surface area (Å²) in [6.07, 6.45) is 0. The van der Waals surface area contributed by atoms with Gasteiger partial charge in [-0.05, 0) is 22.5 Å². The van der Waals surface area contributed by atoms with Crippen molar-refractivity contribution >= 4 is 23.9 Å². The molecule has 0 aliphatic rings. The van der Waals surface area contributed by atoms with E-state index in [0.29, 0.717) is 0 Å². The normalized spacial score (nSPS) is 11.4. The second kappa shape index (κ2) is 6.30. The Bertz CT molecular complexity index is 681. The van der Waals surface area contributed by atoms with Gasteiger partial charge < -0.3 is 4.43 Å². The van der Waals surface area contributed by atoms with Crippen LogP contribution in [0, 0.1) is 6.92 Å². The molecular formula is C20H20OSi. The van der Waals surface area contributed by atoms with Crippen LogP contribution in [0.2, 0.25) is 0 Å². The number of hydrogen-bond donors (Lipinski definition) is 0. The van der Waals surface area contributed by atoms with Crippen molar-refractivity contribution in [3.05, 3.63) is 90.5 Å². The molecule has 1 nitrogen and oxygen atoms in total. The van der Waals surface area contributed by atoms with Gasteiger partial charge in [0.05, 0.1) is 0 Å². The molecule has 0 saturated heterocycles. The molecule has 22 heavy (non-hydrogen) atoms. The summed E-state index contributed by atoms with van der Waals surface area (Å²) in [4.78, 5) is 0. The van der Waals surface area contributed by atoms with Crippen molar-refractivity contribution in [2.45, 2.75) is 6.92 Å². The maximum atomic E-state index is 6.27. The van der Waals surface area contributed by atoms with Gasteiger partial charge in [0, 0.05) is 7.11 Å². The SMILES string of the molecule is CO[Si](c1ccccc1)(c1ccccc1)c1ccc(C)cc1. The van der Waals surface area contributed by atoms with E-state index in [1.807, 2.05) is 7.11 Å². The van der Waals surface area contributed by atoms with Crippen LogP contribution in [0.4, 0.5) is 0 Å². The highest BCUT2D eigenvalue weighted by Gasteiger charge is 2.40. The summed E-state index contributed by atoms with van der Waals surface area (Å²) in [5, 5.41) is 3.82. The highest BCUT2D eigenvalue weighted by Crippen LogP contribution is 2.09. The summed E-state index contributed by atoms with van der Waals surface area (Å²) < 4.78 is 6.27. The molecule has 0 aromatic heterocycles. The fourth-order valence-corrected chi connectivity index (χ4v) is 6.65. The monoisotopic (exact) mass is 304 g/mol. The number of aryl methyl sites for hydroxylation is 1. The van der Waals surface area contributed by atoms with Crippen LogP contribution in [-0.4, -0.2) is 15.4 Å². The van der Waals surface area contributed by atoms with Gasteiger partial charge in [0.1, 0.15) is 0 Å². The third kappa shape index (κ3) is 2.52. The second-order valence-electron chi connectivity index (χ2n) is 5.48. The molecule has 2 heteroatoms. The van der Waals surface area contributed by atoms with Gasteiger partial charge in [0.25, 0.3) is 8.32 Å². The Balaban J connectivity index is 2.28. The van der Waals surface area contributed by atoms with Crippen molar-refractivity contribution in [2.75, 3.05) is 7.11 Å². The number of rotatable bonds is 4. The van der Waals surface area contributed by atoms with E-state index in [0.717, 1.165) is 0 Å². The van der Waals surface area contributed by atoms with E-state index >= 15 is 0 Å². The Morgan fingerprint density at radius 1 is 0.591 bits per heavy atom. The Hall–Kier alpha value is -2.16. The fraction of sp³-hybridized carbons (Fsp3) is 0.100. The van der Waals surface area contributed by atoms with E-state index in [1.54, 1.807) is 0 Å². The maximum absolute atomic E-state index is 6.27. The van der Waals surface area contributed by atoms with Crippen LogP contribution < -0.4 is 15.6 Å². The first kappa shape index (κ1) is 14.8. The molecule has 0 unspecified atom stereocenters. The topological polar surface area (TPSA) is 9.23 Å². The lowest BCUT2D eigenvalue weighted by Crippen LogP contribution is -2.68. The molecule has 0 radical (unpaired) electrons. The molecule has 0 spiro atoms. The molecule has 0 N–H and O–H groups in total. The van der Waals surface area contributed by atoms with Gasteiger partial charge in [0.2, 0.25) is 0 Å². The summed E-state index contributed by atoms with van der Waals surface area (Å²) in [5.41, 5.74) is 1.27. The lowest BCUT2D eigenvalue weighted by molar-refractivity contribution is 0.426. The molecule has 0 fully saturated rings. The van der Waals surface area contributed by atoms with Crippen LogP contribution in [0.1, 0.15) is 5.56 Å². The van der Waals surface area contributed by atoms with Gasteiger partial charge in [-0.25, -0.2) is 0 Å². The minimum absolute atomic E-state index is 1.27. The Morgan fingerprint density at radius 3 is 1.41 bits per heavy atom. The largest absolute Gasteiger partial charge is 0.408 e. The minimum Gasteiger partial charge on any atom is -0.408 e. The fourth-order valence-electron chi connectivity index (χ4n) is 2.99. The van der Waals surface area contributed by atoms with Crippen LogP contribution in [0.15, 0.2) is 84.9 Å². The van der Waals surface area contributed by atoms with Crippen LogP contribution in [0.25, 0.3) is 0 Å². The molecule has 0 bridgehead atoms. The smallest absolute Gasteiger partial charge is 0.287 e. The van der Waals surface area contributed by atoms with Crippen LogP contribution in [0.3, 0.4) is 0 Å². The van der Waals surface area contributed by atoms with E-state index < -0.39 is 8.32 Å². The van der Waals surface area contributed by atoms with Crippen LogP contribution >= 0.6 is 0 Å². The lowest BCUT2D eigenvalue weighted by Gasteiger charge is -2.31. The second-order valence-corrected chi connectivity index (χ2v) is 8.99. The third-order valence-electron chi connectivity index (χ3n) is 4.12. The Labute approximate surface area is 133 Å². The van der Waals surface area contributed by atoms with E-state index in [2.05, 4.69) is 91.9 Å². The van der Waals surface area contributed by atoms with Crippen molar-refractivity contribution in [1.82, 2.24) is 0 Å². The third-order valence-corrected chi connectivity index (χ3v) is 8.18. The first-order chi connectivity index (χ1) is 10.8. The quantitative estimate of drug-likeness (QED) is 0.532. The van der Waals surface area contributed by atoms with Gasteiger partial charge >= 0.3 is 0 Å². The predicted molar refractivity (Wildman–Crippen MR) is 95.7 cm³/mol. The van der Waals surface area contributed by atoms with E-state index in [-0.39, 0.29) is 0 Å². The van der Waals surface area contributed by atoms with Gasteiger partial charge in [-0.2, -0.15) is 0 Å². The van der Waals surface area contributed by atoms with Crippen LogP contribution in [0.5, 0.6) is 0 Å². The predicted octanol–water partition coefficient (Wildman–Crippen LogP) is 2.61. The first-order valence-corrected chi connectivity index (χ1v) is 9.41. The summed E-state index contributed by atoms with van der Waals surface area (Å²) in [7, 11) is -0.581. The molecule has 3 rings (SSSR count). The lowest BCUT2D eigenvalue weighted by atomic mass is 10.2. The zero-order valence-electron chi connectivity index (χ0n) is 13.0. The molecule has 0 saturated carbocycles. The summed E-state index contributed by atoms with van der Waals surface area (Å²) in [5.74, 6) is 0. The number of benzene rings is 3. The minimum atomic E-state index is -2.42. The molecule has 0 aliphatic carbocycles. The molecule has 0 heterocycles. The molecule has 0 atom stereocenters. The van der Waals surface area contributed by atoms with Gasteiger partial charge in [-0.1, -0.05) is 90.5 Å². The zero-order valence-corrected chi connectivity index (χ0v) is 14.0. The van der Waals surface area contributed by atoms with E-state index in [9.17, 15) is 0 Å². The highest BCUT2D eigenvalue weighted by molar-refractivity contribution is 7.07. The average molecular weight is 304 g/mol. The first-order valence-electron chi connectivity index (χ1n) is 7.51. The maximum Gasteiger partial charge on any atom is 0.287 e. The molecule has 3 aromatic carbocycles. The Kier molecular flexibility index (Phi) is 4.23. The van der Waals surface area contributed by atoms with E-state index in [1.165, 1.54) is 21.1 Å². The van der Waals surface area contributed by atoms with Gasteiger partial charge in [0.15, 0.2) is 0 Å². The molecule has 0 aliphatic heterocycles. The van der Waals surface area contributed by atoms with E-state index in [4.69, 9.17) is 4.43 Å². The molecule has 3 aromatic rings. The summed E-state index contributed by atoms with van der Waals surface area (Å²) in [6, 6.07) is 30.0. The molecule has 110 valence electrons.